The summed E-state index contributed by atoms with van der Waals surface area (Å²) in [6.45, 7) is 0.144. The quantitative estimate of drug-likeness (QED) is 0.521. The molecule has 0 amide bonds. The van der Waals surface area contributed by atoms with Gasteiger partial charge in [0.25, 0.3) is 0 Å². The molecule has 0 aliphatic heterocycles. The summed E-state index contributed by atoms with van der Waals surface area (Å²) in [6.07, 6.45) is -1.78. The molecule has 0 fully saturated rings. The largest absolute Gasteiger partial charge is 0.416 e. The SMILES string of the molecule is OCC1CCc2cccc(Nc3cc(-c4ccc(C(F)(F)F)cc4)nc(Cl)n3)c2C1. The van der Waals surface area contributed by atoms with Crippen LogP contribution in [0.3, 0.4) is 0 Å². The fraction of sp³-hybridized carbons (Fsp3) is 0.273. The Hall–Kier alpha value is -2.64. The highest BCUT2D eigenvalue weighted by Crippen LogP contribution is 2.34. The van der Waals surface area contributed by atoms with Crippen LogP contribution in [0.4, 0.5) is 24.7 Å². The van der Waals surface area contributed by atoms with Crippen molar-refractivity contribution in [1.82, 2.24) is 9.97 Å². The minimum absolute atomic E-state index is 0.00655. The van der Waals surface area contributed by atoms with Crippen molar-refractivity contribution in [1.29, 1.82) is 0 Å². The Bertz CT molecular complexity index is 1050. The maximum atomic E-state index is 12.8. The standard InChI is InChI=1S/C22H19ClF3N3O/c23-21-28-19(15-6-8-16(9-7-15)22(24,25)26)11-20(29-21)27-18-3-1-2-14-5-4-13(12-30)10-17(14)18/h1-3,6-9,11,13,30H,4-5,10,12H2,(H,27,28,29). The maximum absolute atomic E-state index is 12.8. The van der Waals surface area contributed by atoms with E-state index >= 15 is 0 Å². The first kappa shape index (κ1) is 20.6. The average Bonchev–Trinajstić information content (AvgIpc) is 2.73. The van der Waals surface area contributed by atoms with Gasteiger partial charge in [0.15, 0.2) is 0 Å². The number of nitrogens with one attached hydrogen (secondary N) is 1. The van der Waals surface area contributed by atoms with E-state index in [0.717, 1.165) is 42.6 Å². The molecule has 0 saturated carbocycles. The molecule has 1 aliphatic rings. The first-order valence-electron chi connectivity index (χ1n) is 9.54. The molecule has 4 nitrogen and oxygen atoms in total. The number of aliphatic hydroxyl groups excluding tert-OH is 1. The Morgan fingerprint density at radius 2 is 1.87 bits per heavy atom. The molecular formula is C22H19ClF3N3O. The Kier molecular flexibility index (Phi) is 5.66. The van der Waals surface area contributed by atoms with E-state index in [1.54, 1.807) is 6.07 Å². The van der Waals surface area contributed by atoms with Crippen molar-refractivity contribution in [2.75, 3.05) is 11.9 Å². The molecule has 0 bridgehead atoms. The summed E-state index contributed by atoms with van der Waals surface area (Å²) in [5.74, 6) is 0.668. The second-order valence-corrected chi connectivity index (χ2v) is 7.68. The third kappa shape index (κ3) is 4.42. The summed E-state index contributed by atoms with van der Waals surface area (Å²) in [5.41, 5.74) is 3.44. The van der Waals surface area contributed by atoms with Crippen LogP contribution in [-0.2, 0) is 19.0 Å². The first-order chi connectivity index (χ1) is 14.3. The molecule has 156 valence electrons. The average molecular weight is 434 g/mol. The van der Waals surface area contributed by atoms with E-state index in [0.29, 0.717) is 17.1 Å². The Labute approximate surface area is 176 Å². The van der Waals surface area contributed by atoms with Crippen LogP contribution in [0.25, 0.3) is 11.3 Å². The van der Waals surface area contributed by atoms with Crippen molar-refractivity contribution in [3.05, 3.63) is 70.5 Å². The van der Waals surface area contributed by atoms with E-state index in [1.165, 1.54) is 17.7 Å². The summed E-state index contributed by atoms with van der Waals surface area (Å²) in [4.78, 5) is 8.36. The van der Waals surface area contributed by atoms with E-state index in [2.05, 4.69) is 21.4 Å². The van der Waals surface area contributed by atoms with Crippen molar-refractivity contribution < 1.29 is 18.3 Å². The Morgan fingerprint density at radius 1 is 1.10 bits per heavy atom. The van der Waals surface area contributed by atoms with Gasteiger partial charge in [-0.3, -0.25) is 0 Å². The van der Waals surface area contributed by atoms with Crippen LogP contribution < -0.4 is 5.32 Å². The number of halogens is 4. The molecule has 2 N–H and O–H groups in total. The lowest BCUT2D eigenvalue weighted by Gasteiger charge is -2.25. The Morgan fingerprint density at radius 3 is 2.57 bits per heavy atom. The normalized spacial score (nSPS) is 16.2. The zero-order valence-corrected chi connectivity index (χ0v) is 16.6. The van der Waals surface area contributed by atoms with Gasteiger partial charge in [-0.2, -0.15) is 13.2 Å². The molecule has 0 saturated heterocycles. The second kappa shape index (κ2) is 8.24. The molecule has 1 aliphatic carbocycles. The predicted octanol–water partition coefficient (Wildman–Crippen LogP) is 5.66. The highest BCUT2D eigenvalue weighted by atomic mass is 35.5. The molecule has 1 aromatic heterocycles. The molecule has 1 atom stereocenters. The summed E-state index contributed by atoms with van der Waals surface area (Å²) < 4.78 is 38.4. The van der Waals surface area contributed by atoms with Crippen LogP contribution in [0.15, 0.2) is 48.5 Å². The number of benzene rings is 2. The molecule has 30 heavy (non-hydrogen) atoms. The van der Waals surface area contributed by atoms with E-state index in [-0.39, 0.29) is 17.8 Å². The molecule has 4 rings (SSSR count). The van der Waals surface area contributed by atoms with Gasteiger partial charge in [0.2, 0.25) is 5.28 Å². The number of anilines is 2. The lowest BCUT2D eigenvalue weighted by Crippen LogP contribution is -2.18. The van der Waals surface area contributed by atoms with Gasteiger partial charge in [0.1, 0.15) is 5.82 Å². The van der Waals surface area contributed by atoms with Crippen LogP contribution in [0.5, 0.6) is 0 Å². The lowest BCUT2D eigenvalue weighted by atomic mass is 9.83. The van der Waals surface area contributed by atoms with Gasteiger partial charge in [-0.1, -0.05) is 24.3 Å². The van der Waals surface area contributed by atoms with Crippen LogP contribution in [0, 0.1) is 5.92 Å². The van der Waals surface area contributed by atoms with Gasteiger partial charge >= 0.3 is 6.18 Å². The molecule has 0 radical (unpaired) electrons. The molecule has 8 heteroatoms. The number of nitrogens with zero attached hydrogens (tertiary/aromatic N) is 2. The highest BCUT2D eigenvalue weighted by molar-refractivity contribution is 6.28. The van der Waals surface area contributed by atoms with Gasteiger partial charge < -0.3 is 10.4 Å². The van der Waals surface area contributed by atoms with Crippen molar-refractivity contribution >= 4 is 23.1 Å². The third-order valence-corrected chi connectivity index (χ3v) is 5.48. The molecule has 3 aromatic rings. The minimum Gasteiger partial charge on any atom is -0.396 e. The highest BCUT2D eigenvalue weighted by Gasteiger charge is 2.30. The van der Waals surface area contributed by atoms with E-state index in [9.17, 15) is 18.3 Å². The molecule has 1 unspecified atom stereocenters. The minimum atomic E-state index is -4.40. The zero-order valence-electron chi connectivity index (χ0n) is 15.9. The molecule has 1 heterocycles. The number of hydrogen-bond acceptors (Lipinski definition) is 4. The van der Waals surface area contributed by atoms with Crippen LogP contribution >= 0.6 is 11.6 Å². The summed E-state index contributed by atoms with van der Waals surface area (Å²) >= 11 is 6.08. The van der Waals surface area contributed by atoms with Gasteiger partial charge in [-0.05, 0) is 66.1 Å². The topological polar surface area (TPSA) is 58.0 Å². The molecule has 2 aromatic carbocycles. The fourth-order valence-electron chi connectivity index (χ4n) is 3.73. The van der Waals surface area contributed by atoms with Gasteiger partial charge in [-0.15, -0.1) is 0 Å². The monoisotopic (exact) mass is 433 g/mol. The maximum Gasteiger partial charge on any atom is 0.416 e. The van der Waals surface area contributed by atoms with E-state index in [4.69, 9.17) is 11.6 Å². The fourth-order valence-corrected chi connectivity index (χ4v) is 3.91. The predicted molar refractivity (Wildman–Crippen MR) is 110 cm³/mol. The van der Waals surface area contributed by atoms with Gasteiger partial charge in [-0.25, -0.2) is 9.97 Å². The number of alkyl halides is 3. The van der Waals surface area contributed by atoms with Crippen LogP contribution in [0.2, 0.25) is 5.28 Å². The van der Waals surface area contributed by atoms with Crippen molar-refractivity contribution in [2.24, 2.45) is 5.92 Å². The number of aromatic nitrogens is 2. The zero-order chi connectivity index (χ0) is 21.3. The van der Waals surface area contributed by atoms with Crippen LogP contribution in [0.1, 0.15) is 23.1 Å². The summed E-state index contributed by atoms with van der Waals surface area (Å²) in [6, 6.07) is 12.4. The van der Waals surface area contributed by atoms with Crippen molar-refractivity contribution in [3.63, 3.8) is 0 Å². The number of rotatable bonds is 4. The Balaban J connectivity index is 1.64. The van der Waals surface area contributed by atoms with Crippen LogP contribution in [-0.4, -0.2) is 21.7 Å². The van der Waals surface area contributed by atoms with Gasteiger partial charge in [0, 0.05) is 23.9 Å². The molecule has 0 spiro atoms. The summed E-state index contributed by atoms with van der Waals surface area (Å²) in [7, 11) is 0. The third-order valence-electron chi connectivity index (χ3n) is 5.32. The van der Waals surface area contributed by atoms with Crippen molar-refractivity contribution in [3.8, 4) is 11.3 Å². The number of fused-ring (bicyclic) bond motifs is 1. The first-order valence-corrected chi connectivity index (χ1v) is 9.92. The number of aliphatic hydroxyl groups is 1. The summed E-state index contributed by atoms with van der Waals surface area (Å²) in [5, 5.41) is 12.8. The van der Waals surface area contributed by atoms with Crippen molar-refractivity contribution in [2.45, 2.75) is 25.4 Å². The molecular weight excluding hydrogens is 415 g/mol. The number of aryl methyl sites for hydroxylation is 1. The van der Waals surface area contributed by atoms with E-state index < -0.39 is 11.7 Å². The lowest BCUT2D eigenvalue weighted by molar-refractivity contribution is -0.137. The van der Waals surface area contributed by atoms with Gasteiger partial charge in [0.05, 0.1) is 11.3 Å². The number of hydrogen-bond donors (Lipinski definition) is 2. The second-order valence-electron chi connectivity index (χ2n) is 7.34. The van der Waals surface area contributed by atoms with E-state index in [1.807, 2.05) is 12.1 Å². The smallest absolute Gasteiger partial charge is 0.396 e.